The number of rotatable bonds is 4. The van der Waals surface area contributed by atoms with Crippen LogP contribution >= 0.6 is 31.9 Å². The summed E-state index contributed by atoms with van der Waals surface area (Å²) in [5.74, 6) is 1.87. The third-order valence-electron chi connectivity index (χ3n) is 11.2. The zero-order chi connectivity index (χ0) is 34.1. The zero-order valence-electron chi connectivity index (χ0n) is 26.7. The van der Waals surface area contributed by atoms with Crippen molar-refractivity contribution in [2.24, 2.45) is 23.3 Å². The lowest BCUT2D eigenvalue weighted by Crippen LogP contribution is -2.42. The predicted molar refractivity (Wildman–Crippen MR) is 183 cm³/mol. The molecule has 2 amide bonds. The molecule has 254 valence electrons. The van der Waals surface area contributed by atoms with Crippen LogP contribution in [0.1, 0.15) is 60.8 Å². The average Bonchev–Trinajstić information content (AvgIpc) is 3.40. The molecule has 6 unspecified atom stereocenters. The number of aliphatic hydroxyl groups excluding tert-OH is 1. The molecule has 2 spiro atoms. The Morgan fingerprint density at radius 2 is 1.33 bits per heavy atom. The third kappa shape index (κ3) is 5.08. The van der Waals surface area contributed by atoms with Crippen molar-refractivity contribution in [1.82, 2.24) is 0 Å². The van der Waals surface area contributed by atoms with Gasteiger partial charge in [0.05, 0.1) is 31.2 Å². The number of allylic oxidation sites excluding steroid dienone is 1. The fourth-order valence-corrected chi connectivity index (χ4v) is 9.85. The van der Waals surface area contributed by atoms with Crippen LogP contribution in [0.5, 0.6) is 23.0 Å². The lowest BCUT2D eigenvalue weighted by molar-refractivity contribution is -0.122. The molecular formula is C36H38Br2N2O8. The number of hydrogen-bond donors (Lipinski definition) is 3. The van der Waals surface area contributed by atoms with Crippen LogP contribution in [-0.2, 0) is 38.1 Å². The van der Waals surface area contributed by atoms with Crippen LogP contribution < -0.4 is 30.4 Å². The number of nitrogens with two attached hydrogens (primary N) is 2. The molecule has 0 aromatic heterocycles. The van der Waals surface area contributed by atoms with Crippen LogP contribution in [0, 0.1) is 11.8 Å². The van der Waals surface area contributed by atoms with Crippen LogP contribution in [0.15, 0.2) is 45.4 Å². The fourth-order valence-electron chi connectivity index (χ4n) is 8.72. The van der Waals surface area contributed by atoms with Gasteiger partial charge in [-0.2, -0.15) is 0 Å². The molecule has 2 heterocycles. The van der Waals surface area contributed by atoms with Crippen molar-refractivity contribution in [3.05, 3.63) is 67.6 Å². The van der Waals surface area contributed by atoms with Crippen molar-refractivity contribution in [2.45, 2.75) is 80.5 Å². The molecule has 5 N–H and O–H groups in total. The molecule has 0 bridgehead atoms. The molecule has 0 saturated carbocycles. The highest BCUT2D eigenvalue weighted by atomic mass is 79.9. The number of methoxy groups -OCH3 is 2. The Balaban J connectivity index is 0.000000152. The van der Waals surface area contributed by atoms with Gasteiger partial charge in [-0.1, -0.05) is 50.1 Å². The van der Waals surface area contributed by atoms with Gasteiger partial charge in [0.1, 0.15) is 12.2 Å². The predicted octanol–water partition coefficient (Wildman–Crippen LogP) is 4.64. The molecule has 8 rings (SSSR count). The first-order valence-electron chi connectivity index (χ1n) is 16.2. The monoisotopic (exact) mass is 784 g/mol. The molecule has 0 radical (unpaired) electrons. The standard InChI is InChI=1S/C18H20BrNO4.C18H18BrNO4/c2*1-23-13-8-12(19)11-6-9(17(20)22)2-4-18-5-3-10(21)7-14(18)24-16(13)15(11)18/h3,5,8-10,14,21H,2,4,6-7H2,1H3,(H2,20,22);3,5,8-9,14H,2,4,6-7H2,1H3,(H2,20,22)/t9?,10-,14?,18?;/m0./s1. The van der Waals surface area contributed by atoms with E-state index < -0.39 is 6.10 Å². The first kappa shape index (κ1) is 33.2. The van der Waals surface area contributed by atoms with Gasteiger partial charge in [-0.3, -0.25) is 14.4 Å². The Morgan fingerprint density at radius 1 is 0.833 bits per heavy atom. The largest absolute Gasteiger partial charge is 0.493 e. The third-order valence-corrected chi connectivity index (χ3v) is 12.6. The molecule has 48 heavy (non-hydrogen) atoms. The highest BCUT2D eigenvalue weighted by Gasteiger charge is 2.55. The van der Waals surface area contributed by atoms with Crippen molar-refractivity contribution >= 4 is 49.5 Å². The summed E-state index contributed by atoms with van der Waals surface area (Å²) >= 11 is 7.26. The van der Waals surface area contributed by atoms with Gasteiger partial charge in [-0.05, 0) is 67.9 Å². The topological polar surface area (TPSA) is 160 Å². The minimum atomic E-state index is -0.511. The zero-order valence-corrected chi connectivity index (χ0v) is 29.9. The second-order valence-corrected chi connectivity index (χ2v) is 15.3. The van der Waals surface area contributed by atoms with Gasteiger partial charge in [0, 0.05) is 44.7 Å². The lowest BCUT2D eigenvalue weighted by atomic mass is 9.69. The second-order valence-electron chi connectivity index (χ2n) is 13.6. The van der Waals surface area contributed by atoms with Crippen LogP contribution in [0.2, 0.25) is 0 Å². The first-order valence-corrected chi connectivity index (χ1v) is 17.8. The van der Waals surface area contributed by atoms with Gasteiger partial charge in [-0.15, -0.1) is 0 Å². The minimum Gasteiger partial charge on any atom is -0.493 e. The van der Waals surface area contributed by atoms with Crippen LogP contribution in [0.4, 0.5) is 0 Å². The van der Waals surface area contributed by atoms with Gasteiger partial charge in [0.15, 0.2) is 28.8 Å². The number of ketones is 1. The smallest absolute Gasteiger partial charge is 0.220 e. The Hall–Kier alpha value is -3.35. The molecular weight excluding hydrogens is 748 g/mol. The van der Waals surface area contributed by atoms with E-state index in [4.69, 9.17) is 30.4 Å². The molecule has 0 saturated heterocycles. The van der Waals surface area contributed by atoms with Crippen molar-refractivity contribution < 1.29 is 38.4 Å². The molecule has 2 aliphatic heterocycles. The number of aliphatic hydroxyl groups is 1. The van der Waals surface area contributed by atoms with Crippen molar-refractivity contribution in [3.63, 3.8) is 0 Å². The quantitative estimate of drug-likeness (QED) is 0.379. The maximum atomic E-state index is 11.9. The Kier molecular flexibility index (Phi) is 8.43. The molecule has 7 atom stereocenters. The molecule has 2 aromatic rings. The molecule has 4 aliphatic carbocycles. The summed E-state index contributed by atoms with van der Waals surface area (Å²) in [7, 11) is 3.23. The van der Waals surface area contributed by atoms with E-state index in [0.717, 1.165) is 49.8 Å². The number of ether oxygens (including phenoxy) is 4. The van der Waals surface area contributed by atoms with Crippen molar-refractivity contribution in [3.8, 4) is 23.0 Å². The Labute approximate surface area is 295 Å². The molecule has 6 aliphatic rings. The van der Waals surface area contributed by atoms with Gasteiger partial charge in [-0.25, -0.2) is 0 Å². The van der Waals surface area contributed by atoms with Gasteiger partial charge in [0.25, 0.3) is 0 Å². The van der Waals surface area contributed by atoms with Crippen LogP contribution in [0.25, 0.3) is 0 Å². The Morgan fingerprint density at radius 3 is 1.83 bits per heavy atom. The van der Waals surface area contributed by atoms with Gasteiger partial charge in [0.2, 0.25) is 11.8 Å². The maximum Gasteiger partial charge on any atom is 0.220 e. The number of amides is 2. The summed E-state index contributed by atoms with van der Waals surface area (Å²) in [6, 6.07) is 3.76. The van der Waals surface area contributed by atoms with Crippen LogP contribution in [0.3, 0.4) is 0 Å². The minimum absolute atomic E-state index is 0.0636. The first-order chi connectivity index (χ1) is 22.9. The average molecular weight is 787 g/mol. The number of carbonyl (C=O) groups excluding carboxylic acids is 3. The fraction of sp³-hybridized carbons (Fsp3) is 0.472. The summed E-state index contributed by atoms with van der Waals surface area (Å²) < 4.78 is 25.3. The summed E-state index contributed by atoms with van der Waals surface area (Å²) in [6.07, 6.45) is 11.5. The highest BCUT2D eigenvalue weighted by Crippen LogP contribution is 2.59. The van der Waals surface area contributed by atoms with E-state index in [9.17, 15) is 19.5 Å². The normalized spacial score (nSPS) is 31.7. The van der Waals surface area contributed by atoms with E-state index >= 15 is 0 Å². The van der Waals surface area contributed by atoms with E-state index in [1.165, 1.54) is 0 Å². The maximum absolute atomic E-state index is 11.9. The summed E-state index contributed by atoms with van der Waals surface area (Å²) in [6.45, 7) is 0. The van der Waals surface area contributed by atoms with E-state index in [1.807, 2.05) is 24.3 Å². The van der Waals surface area contributed by atoms with Crippen molar-refractivity contribution in [2.75, 3.05) is 14.2 Å². The summed E-state index contributed by atoms with van der Waals surface area (Å²) in [5.41, 5.74) is 14.7. The van der Waals surface area contributed by atoms with Crippen molar-refractivity contribution in [1.29, 1.82) is 0 Å². The van der Waals surface area contributed by atoms with Gasteiger partial charge < -0.3 is 35.5 Å². The Bertz CT molecular complexity index is 1790. The summed E-state index contributed by atoms with van der Waals surface area (Å²) in [5, 5.41) is 10.0. The molecule has 10 nitrogen and oxygen atoms in total. The second kappa shape index (κ2) is 12.2. The number of benzene rings is 2. The SMILES string of the molecule is COc1cc(Br)c2c3c1OC1CC(=O)C=CC31CCC(C(N)=O)C2.COc1cc(Br)c2c3c1OC1C[C@@H](O)C=CC31CCC(C(N)=O)C2. The highest BCUT2D eigenvalue weighted by molar-refractivity contribution is 9.10. The molecule has 2 aromatic carbocycles. The molecule has 0 fully saturated rings. The number of hydrogen-bond acceptors (Lipinski definition) is 8. The number of primary amides is 2. The van der Waals surface area contributed by atoms with E-state index in [2.05, 4.69) is 37.9 Å². The summed E-state index contributed by atoms with van der Waals surface area (Å²) in [4.78, 5) is 35.6. The van der Waals surface area contributed by atoms with E-state index in [0.29, 0.717) is 55.8 Å². The number of halogens is 2. The number of carbonyl (C=O) groups is 3. The van der Waals surface area contributed by atoms with E-state index in [1.54, 1.807) is 20.3 Å². The molecule has 12 heteroatoms. The van der Waals surface area contributed by atoms with Gasteiger partial charge >= 0.3 is 0 Å². The van der Waals surface area contributed by atoms with Crippen LogP contribution in [-0.4, -0.2) is 55.2 Å². The lowest BCUT2D eigenvalue weighted by Gasteiger charge is -2.35. The van der Waals surface area contributed by atoms with E-state index in [-0.39, 0.29) is 52.5 Å².